The molecule has 0 fully saturated rings. The third-order valence-electron chi connectivity index (χ3n) is 4.09. The minimum atomic E-state index is -1.20. The van der Waals surface area contributed by atoms with Crippen LogP contribution in [0.25, 0.3) is 0 Å². The number of hydrogen-bond acceptors (Lipinski definition) is 7. The summed E-state index contributed by atoms with van der Waals surface area (Å²) in [5.41, 5.74) is -1.36. The summed E-state index contributed by atoms with van der Waals surface area (Å²) < 4.78 is 10.7. The van der Waals surface area contributed by atoms with Gasteiger partial charge in [0, 0.05) is 12.0 Å². The largest absolute Gasteiger partial charge is 0.507 e. The van der Waals surface area contributed by atoms with E-state index in [0.29, 0.717) is 6.42 Å². The second kappa shape index (κ2) is 8.39. The number of phenolic OH excluding ortho intramolecular Hbond substituents is 1. The number of phenols is 1. The number of benzene rings is 1. The van der Waals surface area contributed by atoms with Crippen LogP contribution in [0.1, 0.15) is 66.0 Å². The Bertz CT molecular complexity index is 856. The molecule has 1 aromatic carbocycles. The van der Waals surface area contributed by atoms with Crippen molar-refractivity contribution in [1.82, 2.24) is 0 Å². The SMILES string of the molecule is CCCC(=O)OC(/C=C/C(C)(C)O)c1cc(OC)c2c(c1O)C(=O)C=CC2=O. The Morgan fingerprint density at radius 3 is 2.36 bits per heavy atom. The Kier molecular flexibility index (Phi) is 6.41. The van der Waals surface area contributed by atoms with Crippen LogP contribution in [0.2, 0.25) is 0 Å². The highest BCUT2D eigenvalue weighted by atomic mass is 16.5. The van der Waals surface area contributed by atoms with Gasteiger partial charge < -0.3 is 19.7 Å². The number of aromatic hydroxyl groups is 1. The highest BCUT2D eigenvalue weighted by Crippen LogP contribution is 2.41. The molecular weight excluding hydrogens is 364 g/mol. The molecule has 1 aliphatic rings. The molecule has 0 radical (unpaired) electrons. The summed E-state index contributed by atoms with van der Waals surface area (Å²) in [6.07, 6.45) is 4.65. The molecule has 1 aromatic rings. The summed E-state index contributed by atoms with van der Waals surface area (Å²) in [6, 6.07) is 1.36. The van der Waals surface area contributed by atoms with Crippen LogP contribution in [0.3, 0.4) is 0 Å². The molecule has 7 heteroatoms. The van der Waals surface area contributed by atoms with Gasteiger partial charge in [0.1, 0.15) is 17.6 Å². The Labute approximate surface area is 163 Å². The fourth-order valence-corrected chi connectivity index (χ4v) is 2.78. The van der Waals surface area contributed by atoms with E-state index in [-0.39, 0.29) is 28.9 Å². The Hall–Kier alpha value is -2.93. The second-order valence-corrected chi connectivity index (χ2v) is 7.00. The molecule has 0 heterocycles. The smallest absolute Gasteiger partial charge is 0.306 e. The van der Waals surface area contributed by atoms with E-state index in [0.717, 1.165) is 12.2 Å². The normalized spacial score (nSPS) is 14.9. The summed E-state index contributed by atoms with van der Waals surface area (Å²) >= 11 is 0. The van der Waals surface area contributed by atoms with Crippen LogP contribution < -0.4 is 4.74 Å². The van der Waals surface area contributed by atoms with Crippen molar-refractivity contribution in [3.63, 3.8) is 0 Å². The van der Waals surface area contributed by atoms with E-state index in [1.807, 2.05) is 6.92 Å². The number of carbonyl (C=O) groups excluding carboxylic acids is 3. The lowest BCUT2D eigenvalue weighted by Gasteiger charge is -2.22. The lowest BCUT2D eigenvalue weighted by molar-refractivity contribution is -0.147. The number of rotatable bonds is 7. The standard InChI is InChI=1S/C21H24O7/c1-5-6-17(24)28-15(9-10-21(2,3)26)12-11-16(27-4)18-13(22)7-8-14(23)19(18)20(12)25/h7-11,15,25-26H,5-6H2,1-4H3/b10-9+. The molecule has 0 saturated heterocycles. The molecule has 0 aliphatic heterocycles. The van der Waals surface area contributed by atoms with E-state index < -0.39 is 35.0 Å². The van der Waals surface area contributed by atoms with Crippen LogP contribution in [-0.4, -0.2) is 40.5 Å². The maximum absolute atomic E-state index is 12.3. The molecule has 1 atom stereocenters. The van der Waals surface area contributed by atoms with Crippen LogP contribution >= 0.6 is 0 Å². The topological polar surface area (TPSA) is 110 Å². The number of allylic oxidation sites excluding steroid dienone is 2. The summed E-state index contributed by atoms with van der Waals surface area (Å²) in [6.45, 7) is 4.89. The fraction of sp³-hybridized carbons (Fsp3) is 0.381. The maximum atomic E-state index is 12.3. The van der Waals surface area contributed by atoms with Gasteiger partial charge in [-0.05, 0) is 44.6 Å². The monoisotopic (exact) mass is 388 g/mol. The number of fused-ring (bicyclic) bond motifs is 1. The molecule has 7 nitrogen and oxygen atoms in total. The molecule has 0 spiro atoms. The van der Waals surface area contributed by atoms with Crippen molar-refractivity contribution in [1.29, 1.82) is 0 Å². The molecule has 0 amide bonds. The summed E-state index contributed by atoms with van der Waals surface area (Å²) in [5.74, 6) is -1.92. The molecule has 28 heavy (non-hydrogen) atoms. The van der Waals surface area contributed by atoms with E-state index in [4.69, 9.17) is 9.47 Å². The number of methoxy groups -OCH3 is 1. The van der Waals surface area contributed by atoms with E-state index in [2.05, 4.69) is 0 Å². The zero-order chi connectivity index (χ0) is 21.1. The molecule has 0 saturated carbocycles. The fourth-order valence-electron chi connectivity index (χ4n) is 2.78. The number of ether oxygens (including phenoxy) is 2. The van der Waals surface area contributed by atoms with Crippen molar-refractivity contribution < 1.29 is 34.1 Å². The van der Waals surface area contributed by atoms with Crippen LogP contribution in [0, 0.1) is 0 Å². The van der Waals surface area contributed by atoms with Crippen LogP contribution in [0.5, 0.6) is 11.5 Å². The summed E-state index contributed by atoms with van der Waals surface area (Å²) in [7, 11) is 1.33. The minimum Gasteiger partial charge on any atom is -0.507 e. The third-order valence-corrected chi connectivity index (χ3v) is 4.09. The molecule has 0 bridgehead atoms. The van der Waals surface area contributed by atoms with E-state index in [9.17, 15) is 24.6 Å². The molecule has 2 rings (SSSR count). The first-order valence-electron chi connectivity index (χ1n) is 8.90. The second-order valence-electron chi connectivity index (χ2n) is 7.00. The van der Waals surface area contributed by atoms with E-state index >= 15 is 0 Å². The summed E-state index contributed by atoms with van der Waals surface area (Å²) in [4.78, 5) is 36.6. The lowest BCUT2D eigenvalue weighted by Crippen LogP contribution is -2.18. The number of aliphatic hydroxyl groups is 1. The molecule has 2 N–H and O–H groups in total. The van der Waals surface area contributed by atoms with Crippen molar-refractivity contribution in [2.24, 2.45) is 0 Å². The molecule has 1 aliphatic carbocycles. The van der Waals surface area contributed by atoms with Crippen molar-refractivity contribution in [3.05, 3.63) is 47.1 Å². The predicted octanol–water partition coefficient (Wildman–Crippen LogP) is 3.05. The molecule has 1 unspecified atom stereocenters. The first kappa shape index (κ1) is 21.4. The van der Waals surface area contributed by atoms with Gasteiger partial charge in [0.05, 0.1) is 23.8 Å². The van der Waals surface area contributed by atoms with Crippen molar-refractivity contribution in [2.75, 3.05) is 7.11 Å². The molecule has 0 aromatic heterocycles. The Balaban J connectivity index is 2.64. The zero-order valence-corrected chi connectivity index (χ0v) is 16.3. The minimum absolute atomic E-state index is 0.0404. The van der Waals surface area contributed by atoms with E-state index in [1.165, 1.54) is 39.2 Å². The Morgan fingerprint density at radius 2 is 1.82 bits per heavy atom. The average Bonchev–Trinajstić information content (AvgIpc) is 2.61. The highest BCUT2D eigenvalue weighted by molar-refractivity contribution is 6.24. The van der Waals surface area contributed by atoms with Crippen molar-refractivity contribution in [2.45, 2.75) is 45.3 Å². The van der Waals surface area contributed by atoms with Gasteiger partial charge in [-0.25, -0.2) is 0 Å². The predicted molar refractivity (Wildman–Crippen MR) is 102 cm³/mol. The van der Waals surface area contributed by atoms with Gasteiger partial charge in [-0.1, -0.05) is 13.0 Å². The van der Waals surface area contributed by atoms with Crippen molar-refractivity contribution >= 4 is 17.5 Å². The average molecular weight is 388 g/mol. The quantitative estimate of drug-likeness (QED) is 0.546. The van der Waals surface area contributed by atoms with Gasteiger partial charge in [0.25, 0.3) is 0 Å². The number of hydrogen-bond donors (Lipinski definition) is 2. The number of carbonyl (C=O) groups is 3. The Morgan fingerprint density at radius 1 is 1.21 bits per heavy atom. The third kappa shape index (κ3) is 4.67. The first-order valence-corrected chi connectivity index (χ1v) is 8.90. The van der Waals surface area contributed by atoms with Gasteiger partial charge in [0.2, 0.25) is 0 Å². The summed E-state index contributed by atoms with van der Waals surface area (Å²) in [5, 5.41) is 20.7. The first-order chi connectivity index (χ1) is 13.1. The number of esters is 1. The van der Waals surface area contributed by atoms with Crippen LogP contribution in [0.15, 0.2) is 30.4 Å². The van der Waals surface area contributed by atoms with Gasteiger partial charge in [-0.2, -0.15) is 0 Å². The number of ketones is 2. The van der Waals surface area contributed by atoms with Crippen molar-refractivity contribution in [3.8, 4) is 11.5 Å². The van der Waals surface area contributed by atoms with E-state index in [1.54, 1.807) is 0 Å². The zero-order valence-electron chi connectivity index (χ0n) is 16.3. The molecule has 150 valence electrons. The van der Waals surface area contributed by atoms with Crippen LogP contribution in [0.4, 0.5) is 0 Å². The van der Waals surface area contributed by atoms with Gasteiger partial charge in [0.15, 0.2) is 11.6 Å². The maximum Gasteiger partial charge on any atom is 0.306 e. The molecular formula is C21H24O7. The highest BCUT2D eigenvalue weighted by Gasteiger charge is 2.31. The van der Waals surface area contributed by atoms with Gasteiger partial charge >= 0.3 is 5.97 Å². The lowest BCUT2D eigenvalue weighted by atomic mass is 9.89. The van der Waals surface area contributed by atoms with Gasteiger partial charge in [-0.15, -0.1) is 0 Å². The van der Waals surface area contributed by atoms with Crippen LogP contribution in [-0.2, 0) is 9.53 Å². The van der Waals surface area contributed by atoms with Gasteiger partial charge in [-0.3, -0.25) is 14.4 Å².